The average molecular weight is 320 g/mol. The third-order valence-corrected chi connectivity index (χ3v) is 4.58. The Morgan fingerprint density at radius 1 is 1.50 bits per heavy atom. The van der Waals surface area contributed by atoms with Gasteiger partial charge in [0, 0.05) is 10.1 Å². The molecule has 74 valence electrons. The van der Waals surface area contributed by atoms with Gasteiger partial charge in [-0.3, -0.25) is 0 Å². The number of halogens is 1. The smallest absolute Gasteiger partial charge is 0.188 e. The van der Waals surface area contributed by atoms with Crippen molar-refractivity contribution in [2.24, 2.45) is 0 Å². The maximum absolute atomic E-state index is 9.00. The molecular weight excluding hydrogens is 311 g/mol. The predicted molar refractivity (Wildman–Crippen MR) is 67.0 cm³/mol. The molecule has 1 aromatic heterocycles. The van der Waals surface area contributed by atoms with E-state index in [9.17, 15) is 0 Å². The first kappa shape index (κ1) is 10.2. The standard InChI is InChI=1S/C10H9IO2S/c1-13-10-9(11)7-3-2-6(5-12)4-8(7)14-10/h2-4,12H,5H2,1H3. The summed E-state index contributed by atoms with van der Waals surface area (Å²) in [5.74, 6) is 0. The van der Waals surface area contributed by atoms with Gasteiger partial charge < -0.3 is 9.84 Å². The Hall–Kier alpha value is -0.330. The molecule has 2 rings (SSSR count). The van der Waals surface area contributed by atoms with Gasteiger partial charge in [-0.25, -0.2) is 0 Å². The van der Waals surface area contributed by atoms with Crippen molar-refractivity contribution < 1.29 is 9.84 Å². The molecular formula is C10H9IO2S. The van der Waals surface area contributed by atoms with E-state index in [1.807, 2.05) is 18.2 Å². The van der Waals surface area contributed by atoms with Crippen LogP contribution in [0.1, 0.15) is 5.56 Å². The Balaban J connectivity index is 2.66. The van der Waals surface area contributed by atoms with E-state index in [1.165, 1.54) is 5.39 Å². The minimum atomic E-state index is 0.0900. The van der Waals surface area contributed by atoms with Crippen LogP contribution in [0.25, 0.3) is 10.1 Å². The van der Waals surface area contributed by atoms with Crippen LogP contribution in [0.4, 0.5) is 0 Å². The lowest BCUT2D eigenvalue weighted by Crippen LogP contribution is -1.81. The molecule has 1 aromatic carbocycles. The van der Waals surface area contributed by atoms with E-state index in [4.69, 9.17) is 9.84 Å². The van der Waals surface area contributed by atoms with Crippen molar-refractivity contribution in [2.45, 2.75) is 6.61 Å². The molecule has 2 aromatic rings. The van der Waals surface area contributed by atoms with Crippen LogP contribution in [0.2, 0.25) is 0 Å². The van der Waals surface area contributed by atoms with Gasteiger partial charge in [0.1, 0.15) is 0 Å². The van der Waals surface area contributed by atoms with Crippen LogP contribution in [0.5, 0.6) is 5.06 Å². The van der Waals surface area contributed by atoms with Crippen LogP contribution in [0.15, 0.2) is 18.2 Å². The van der Waals surface area contributed by atoms with Gasteiger partial charge in [0.15, 0.2) is 5.06 Å². The van der Waals surface area contributed by atoms with Gasteiger partial charge in [-0.2, -0.15) is 0 Å². The highest BCUT2D eigenvalue weighted by Gasteiger charge is 2.09. The zero-order valence-corrected chi connectivity index (χ0v) is 10.6. The predicted octanol–water partition coefficient (Wildman–Crippen LogP) is 3.01. The number of methoxy groups -OCH3 is 1. The van der Waals surface area contributed by atoms with E-state index in [-0.39, 0.29) is 6.61 Å². The van der Waals surface area contributed by atoms with Gasteiger partial charge >= 0.3 is 0 Å². The van der Waals surface area contributed by atoms with Crippen LogP contribution in [0, 0.1) is 3.57 Å². The lowest BCUT2D eigenvalue weighted by atomic mass is 10.2. The number of rotatable bonds is 2. The molecule has 0 aliphatic carbocycles. The van der Waals surface area contributed by atoms with Crippen LogP contribution in [0.3, 0.4) is 0 Å². The monoisotopic (exact) mass is 320 g/mol. The Morgan fingerprint density at radius 2 is 2.29 bits per heavy atom. The summed E-state index contributed by atoms with van der Waals surface area (Å²) in [6.45, 7) is 0.0900. The summed E-state index contributed by atoms with van der Waals surface area (Å²) >= 11 is 3.89. The van der Waals surface area contributed by atoms with E-state index in [2.05, 4.69) is 22.6 Å². The van der Waals surface area contributed by atoms with E-state index < -0.39 is 0 Å². The molecule has 0 spiro atoms. The van der Waals surface area contributed by atoms with Gasteiger partial charge in [-0.1, -0.05) is 23.5 Å². The first-order valence-electron chi connectivity index (χ1n) is 4.12. The summed E-state index contributed by atoms with van der Waals surface area (Å²) in [6.07, 6.45) is 0. The molecule has 14 heavy (non-hydrogen) atoms. The van der Waals surface area contributed by atoms with Crippen LogP contribution < -0.4 is 4.74 Å². The number of aliphatic hydroxyl groups is 1. The summed E-state index contributed by atoms with van der Waals surface area (Å²) in [5, 5.41) is 11.1. The molecule has 1 heterocycles. The Morgan fingerprint density at radius 3 is 2.93 bits per heavy atom. The second kappa shape index (κ2) is 4.04. The van der Waals surface area contributed by atoms with Gasteiger partial charge in [0.05, 0.1) is 17.3 Å². The topological polar surface area (TPSA) is 29.5 Å². The van der Waals surface area contributed by atoms with Crippen molar-refractivity contribution in [3.05, 3.63) is 27.3 Å². The zero-order valence-electron chi connectivity index (χ0n) is 7.58. The molecule has 0 radical (unpaired) electrons. The molecule has 0 atom stereocenters. The summed E-state index contributed by atoms with van der Waals surface area (Å²) in [5.41, 5.74) is 0.942. The molecule has 0 bridgehead atoms. The number of benzene rings is 1. The maximum Gasteiger partial charge on any atom is 0.188 e. The number of hydrogen-bond donors (Lipinski definition) is 1. The summed E-state index contributed by atoms with van der Waals surface area (Å²) in [6, 6.07) is 5.98. The second-order valence-corrected chi connectivity index (χ2v) is 4.99. The first-order valence-corrected chi connectivity index (χ1v) is 6.01. The lowest BCUT2D eigenvalue weighted by Gasteiger charge is -1.95. The van der Waals surface area contributed by atoms with Gasteiger partial charge in [-0.15, -0.1) is 0 Å². The Kier molecular flexibility index (Phi) is 2.94. The number of fused-ring (bicyclic) bond motifs is 1. The minimum Gasteiger partial charge on any atom is -0.486 e. The van der Waals surface area contributed by atoms with Crippen LogP contribution in [-0.2, 0) is 6.61 Å². The molecule has 4 heteroatoms. The van der Waals surface area contributed by atoms with E-state index in [0.29, 0.717) is 0 Å². The molecule has 0 aliphatic heterocycles. The van der Waals surface area contributed by atoms with Gasteiger partial charge in [0.25, 0.3) is 0 Å². The molecule has 0 amide bonds. The minimum absolute atomic E-state index is 0.0900. The lowest BCUT2D eigenvalue weighted by molar-refractivity contribution is 0.282. The molecule has 0 aliphatic rings. The SMILES string of the molecule is COc1sc2cc(CO)ccc2c1I. The fourth-order valence-electron chi connectivity index (χ4n) is 1.32. The van der Waals surface area contributed by atoms with Crippen molar-refractivity contribution >= 4 is 44.0 Å². The highest BCUT2D eigenvalue weighted by molar-refractivity contribution is 14.1. The molecule has 0 unspecified atom stereocenters. The van der Waals surface area contributed by atoms with Crippen molar-refractivity contribution in [3.63, 3.8) is 0 Å². The normalized spacial score (nSPS) is 10.8. The van der Waals surface area contributed by atoms with Crippen molar-refractivity contribution in [3.8, 4) is 5.06 Å². The summed E-state index contributed by atoms with van der Waals surface area (Å²) < 4.78 is 7.56. The van der Waals surface area contributed by atoms with Crippen molar-refractivity contribution in [1.82, 2.24) is 0 Å². The maximum atomic E-state index is 9.00. The highest BCUT2D eigenvalue weighted by Crippen LogP contribution is 2.38. The first-order chi connectivity index (χ1) is 6.76. The number of hydrogen-bond acceptors (Lipinski definition) is 3. The van der Waals surface area contributed by atoms with Crippen LogP contribution in [-0.4, -0.2) is 12.2 Å². The third-order valence-electron chi connectivity index (χ3n) is 2.03. The van der Waals surface area contributed by atoms with E-state index in [1.54, 1.807) is 18.4 Å². The Bertz CT molecular complexity index is 464. The molecule has 0 fully saturated rings. The zero-order chi connectivity index (χ0) is 10.1. The fraction of sp³-hybridized carbons (Fsp3) is 0.200. The largest absolute Gasteiger partial charge is 0.486 e. The molecule has 0 saturated carbocycles. The number of aliphatic hydroxyl groups excluding tert-OH is 1. The second-order valence-electron chi connectivity index (χ2n) is 2.90. The van der Waals surface area contributed by atoms with Gasteiger partial charge in [-0.05, 0) is 34.2 Å². The Labute approximate surface area is 99.7 Å². The molecule has 0 saturated heterocycles. The van der Waals surface area contributed by atoms with Gasteiger partial charge in [0.2, 0.25) is 0 Å². The van der Waals surface area contributed by atoms with Crippen LogP contribution >= 0.6 is 33.9 Å². The quantitative estimate of drug-likeness (QED) is 0.862. The summed E-state index contributed by atoms with van der Waals surface area (Å²) in [7, 11) is 1.68. The highest BCUT2D eigenvalue weighted by atomic mass is 127. The average Bonchev–Trinajstić information content (AvgIpc) is 2.55. The van der Waals surface area contributed by atoms with E-state index in [0.717, 1.165) is 18.9 Å². The summed E-state index contributed by atoms with van der Waals surface area (Å²) in [4.78, 5) is 0. The van der Waals surface area contributed by atoms with Crippen molar-refractivity contribution in [2.75, 3.05) is 7.11 Å². The molecule has 1 N–H and O–H groups in total. The third kappa shape index (κ3) is 1.62. The fourth-order valence-corrected chi connectivity index (χ4v) is 3.49. The van der Waals surface area contributed by atoms with E-state index >= 15 is 0 Å². The molecule has 2 nitrogen and oxygen atoms in total. The van der Waals surface area contributed by atoms with Crippen molar-refractivity contribution in [1.29, 1.82) is 0 Å². The number of thiophene rings is 1. The number of ether oxygens (including phenoxy) is 1.